The Labute approximate surface area is 168 Å². The molecule has 1 aliphatic rings. The minimum Gasteiger partial charge on any atom is -0.454 e. The van der Waals surface area contributed by atoms with Crippen LogP contribution in [-0.4, -0.2) is 26.6 Å². The number of hydrogen-bond donors (Lipinski definition) is 1. The lowest BCUT2D eigenvalue weighted by molar-refractivity contribution is -0.116. The number of ether oxygens (including phenoxy) is 2. The molecule has 1 amide bonds. The van der Waals surface area contributed by atoms with Crippen molar-refractivity contribution >= 4 is 33.3 Å². The molecule has 1 N–H and O–H groups in total. The maximum absolute atomic E-state index is 12.8. The molecule has 0 unspecified atom stereocenters. The molecular formula is C20H14N4O4S. The molecule has 0 radical (unpaired) electrons. The Morgan fingerprint density at radius 2 is 1.97 bits per heavy atom. The van der Waals surface area contributed by atoms with Crippen LogP contribution in [0.15, 0.2) is 59.7 Å². The van der Waals surface area contributed by atoms with Crippen molar-refractivity contribution < 1.29 is 14.3 Å². The molecule has 8 nitrogen and oxygen atoms in total. The number of amides is 1. The molecule has 0 bridgehead atoms. The molecule has 0 saturated heterocycles. The third kappa shape index (κ3) is 3.21. The highest BCUT2D eigenvalue weighted by atomic mass is 32.1. The van der Waals surface area contributed by atoms with Gasteiger partial charge in [0.2, 0.25) is 12.7 Å². The highest BCUT2D eigenvalue weighted by Crippen LogP contribution is 2.34. The Kier molecular flexibility index (Phi) is 4.21. The summed E-state index contributed by atoms with van der Waals surface area (Å²) in [5.41, 5.74) is 2.36. The Morgan fingerprint density at radius 1 is 1.14 bits per heavy atom. The molecule has 2 aromatic carbocycles. The monoisotopic (exact) mass is 406 g/mol. The van der Waals surface area contributed by atoms with Crippen LogP contribution in [0.4, 0.5) is 5.69 Å². The number of hydrogen-bond acceptors (Lipinski definition) is 7. The van der Waals surface area contributed by atoms with Crippen LogP contribution in [-0.2, 0) is 11.3 Å². The number of aromatic nitrogens is 3. The molecule has 2 aromatic heterocycles. The van der Waals surface area contributed by atoms with Crippen molar-refractivity contribution in [3.63, 3.8) is 0 Å². The van der Waals surface area contributed by atoms with Gasteiger partial charge in [-0.25, -0.2) is 4.98 Å². The van der Waals surface area contributed by atoms with E-state index in [4.69, 9.17) is 9.47 Å². The van der Waals surface area contributed by atoms with Crippen molar-refractivity contribution in [2.45, 2.75) is 6.54 Å². The van der Waals surface area contributed by atoms with Crippen molar-refractivity contribution in [1.82, 2.24) is 13.9 Å². The second kappa shape index (κ2) is 7.02. The van der Waals surface area contributed by atoms with E-state index in [0.717, 1.165) is 17.1 Å². The smallest absolute Gasteiger partial charge is 0.273 e. The Hall–Kier alpha value is -3.72. The zero-order valence-corrected chi connectivity index (χ0v) is 15.8. The van der Waals surface area contributed by atoms with E-state index < -0.39 is 0 Å². The number of fused-ring (bicyclic) bond motifs is 2. The summed E-state index contributed by atoms with van der Waals surface area (Å²) in [5.74, 6) is 0.856. The van der Waals surface area contributed by atoms with E-state index in [2.05, 4.69) is 14.7 Å². The standard InChI is InChI=1S/C20H14N4O4S/c25-16(22-13-6-7-14-15(8-13)28-11-27-14)9-24-10-21-18-17(12-4-2-1-3-5-12)23-29-19(18)20(24)26/h1-8,10H,9,11H2,(H,22,25). The largest absolute Gasteiger partial charge is 0.454 e. The molecule has 0 saturated carbocycles. The van der Waals surface area contributed by atoms with Crippen LogP contribution in [0, 0.1) is 0 Å². The fourth-order valence-electron chi connectivity index (χ4n) is 3.08. The van der Waals surface area contributed by atoms with Crippen molar-refractivity contribution in [1.29, 1.82) is 0 Å². The number of rotatable bonds is 4. The van der Waals surface area contributed by atoms with E-state index in [-0.39, 0.29) is 24.8 Å². The van der Waals surface area contributed by atoms with E-state index in [0.29, 0.717) is 33.1 Å². The number of nitrogens with one attached hydrogen (secondary N) is 1. The molecule has 0 atom stereocenters. The van der Waals surface area contributed by atoms with Gasteiger partial charge in [0.1, 0.15) is 22.5 Å². The van der Waals surface area contributed by atoms with E-state index in [1.807, 2.05) is 30.3 Å². The number of anilines is 1. The molecule has 0 aliphatic carbocycles. The second-order valence-electron chi connectivity index (χ2n) is 6.37. The Morgan fingerprint density at radius 3 is 2.83 bits per heavy atom. The first-order valence-electron chi connectivity index (χ1n) is 8.79. The van der Waals surface area contributed by atoms with Gasteiger partial charge < -0.3 is 14.8 Å². The summed E-state index contributed by atoms with van der Waals surface area (Å²) in [6, 6.07) is 14.7. The number of nitrogens with zero attached hydrogens (tertiary/aromatic N) is 3. The maximum atomic E-state index is 12.8. The number of carbonyl (C=O) groups is 1. The summed E-state index contributed by atoms with van der Waals surface area (Å²) in [5, 5.41) is 2.75. The van der Waals surface area contributed by atoms with Crippen LogP contribution in [0.3, 0.4) is 0 Å². The molecular weight excluding hydrogens is 392 g/mol. The van der Waals surface area contributed by atoms with Gasteiger partial charge in [-0.05, 0) is 23.7 Å². The van der Waals surface area contributed by atoms with E-state index in [1.165, 1.54) is 10.9 Å². The number of carbonyl (C=O) groups excluding carboxylic acids is 1. The van der Waals surface area contributed by atoms with Crippen LogP contribution in [0.2, 0.25) is 0 Å². The van der Waals surface area contributed by atoms with E-state index >= 15 is 0 Å². The summed E-state index contributed by atoms with van der Waals surface area (Å²) in [4.78, 5) is 29.6. The fourth-order valence-corrected chi connectivity index (χ4v) is 3.89. The van der Waals surface area contributed by atoms with Gasteiger partial charge in [-0.15, -0.1) is 0 Å². The topological polar surface area (TPSA) is 95.3 Å². The van der Waals surface area contributed by atoms with E-state index in [9.17, 15) is 9.59 Å². The number of benzene rings is 2. The van der Waals surface area contributed by atoms with E-state index in [1.54, 1.807) is 18.2 Å². The predicted molar refractivity (Wildman–Crippen MR) is 108 cm³/mol. The summed E-state index contributed by atoms with van der Waals surface area (Å²) < 4.78 is 16.6. The van der Waals surface area contributed by atoms with Gasteiger partial charge in [-0.2, -0.15) is 4.37 Å². The minimum atomic E-state index is -0.347. The molecule has 3 heterocycles. The highest BCUT2D eigenvalue weighted by Gasteiger charge is 2.17. The third-order valence-electron chi connectivity index (χ3n) is 4.47. The van der Waals surface area contributed by atoms with Crippen LogP contribution in [0.5, 0.6) is 11.5 Å². The molecule has 5 rings (SSSR count). The quantitative estimate of drug-likeness (QED) is 0.560. The highest BCUT2D eigenvalue weighted by molar-refractivity contribution is 7.13. The first-order chi connectivity index (χ1) is 14.2. The maximum Gasteiger partial charge on any atom is 0.273 e. The Balaban J connectivity index is 1.39. The van der Waals surface area contributed by atoms with Gasteiger partial charge in [-0.1, -0.05) is 30.3 Å². The van der Waals surface area contributed by atoms with Crippen LogP contribution < -0.4 is 20.3 Å². The predicted octanol–water partition coefficient (Wildman–Crippen LogP) is 2.89. The Bertz CT molecular complexity index is 1280. The van der Waals surface area contributed by atoms with Gasteiger partial charge in [0, 0.05) is 17.3 Å². The van der Waals surface area contributed by atoms with Gasteiger partial charge >= 0.3 is 0 Å². The van der Waals surface area contributed by atoms with Crippen molar-refractivity contribution in [2.24, 2.45) is 0 Å². The fraction of sp³-hybridized carbons (Fsp3) is 0.100. The van der Waals surface area contributed by atoms with Crippen molar-refractivity contribution in [2.75, 3.05) is 12.1 Å². The van der Waals surface area contributed by atoms with Gasteiger partial charge in [0.05, 0.1) is 6.33 Å². The van der Waals surface area contributed by atoms with Gasteiger partial charge in [0.15, 0.2) is 11.5 Å². The molecule has 1 aliphatic heterocycles. The average molecular weight is 406 g/mol. The average Bonchev–Trinajstić information content (AvgIpc) is 3.37. The summed E-state index contributed by atoms with van der Waals surface area (Å²) in [6.45, 7) is 0.00240. The summed E-state index contributed by atoms with van der Waals surface area (Å²) in [7, 11) is 0. The minimum absolute atomic E-state index is 0.158. The summed E-state index contributed by atoms with van der Waals surface area (Å²) in [6.07, 6.45) is 1.38. The van der Waals surface area contributed by atoms with Crippen LogP contribution in [0.1, 0.15) is 0 Å². The first-order valence-corrected chi connectivity index (χ1v) is 9.56. The SMILES string of the molecule is O=C(Cn1cnc2c(-c3ccccc3)nsc2c1=O)Nc1ccc2c(c1)OCO2. The molecule has 0 fully saturated rings. The molecule has 0 spiro atoms. The lowest BCUT2D eigenvalue weighted by Crippen LogP contribution is -2.27. The lowest BCUT2D eigenvalue weighted by Gasteiger charge is -2.08. The molecule has 29 heavy (non-hydrogen) atoms. The summed E-state index contributed by atoms with van der Waals surface area (Å²) >= 11 is 1.09. The van der Waals surface area contributed by atoms with Crippen molar-refractivity contribution in [3.8, 4) is 22.8 Å². The second-order valence-corrected chi connectivity index (χ2v) is 7.14. The zero-order chi connectivity index (χ0) is 19.8. The molecule has 4 aromatic rings. The van der Waals surface area contributed by atoms with Gasteiger partial charge in [-0.3, -0.25) is 14.2 Å². The first kappa shape index (κ1) is 17.4. The zero-order valence-electron chi connectivity index (χ0n) is 15.0. The van der Waals surface area contributed by atoms with Crippen molar-refractivity contribution in [3.05, 3.63) is 65.2 Å². The van der Waals surface area contributed by atoms with Crippen LogP contribution >= 0.6 is 11.5 Å². The van der Waals surface area contributed by atoms with Crippen LogP contribution in [0.25, 0.3) is 21.5 Å². The molecule has 9 heteroatoms. The van der Waals surface area contributed by atoms with Gasteiger partial charge in [0.25, 0.3) is 5.56 Å². The molecule has 144 valence electrons. The normalized spacial score (nSPS) is 12.3. The lowest BCUT2D eigenvalue weighted by atomic mass is 10.1. The third-order valence-corrected chi connectivity index (χ3v) is 5.29.